The number of pyridine rings is 1. The molecule has 1 fully saturated rings. The van der Waals surface area contributed by atoms with Crippen molar-refractivity contribution < 1.29 is 8.42 Å². The molecule has 2 heterocycles. The van der Waals surface area contributed by atoms with E-state index in [2.05, 4.69) is 34.2 Å². The molecule has 156 valence electrons. The molecule has 1 N–H and O–H groups in total. The number of hydrogen-bond donors (Lipinski definition) is 1. The van der Waals surface area contributed by atoms with E-state index in [9.17, 15) is 13.7 Å². The summed E-state index contributed by atoms with van der Waals surface area (Å²) < 4.78 is 30.2. The number of nitrogens with one attached hydrogen (secondary N) is 1. The second-order valence-electron chi connectivity index (χ2n) is 8.45. The van der Waals surface area contributed by atoms with Gasteiger partial charge in [-0.05, 0) is 70.7 Å². The maximum Gasteiger partial charge on any atom is 0.242 e. The van der Waals surface area contributed by atoms with Crippen molar-refractivity contribution >= 4 is 20.9 Å². The first kappa shape index (κ1) is 20.6. The number of fused-ring (bicyclic) bond motifs is 1. The molecule has 0 bridgehead atoms. The van der Waals surface area contributed by atoms with Gasteiger partial charge in [-0.15, -0.1) is 0 Å². The lowest BCUT2D eigenvalue weighted by Gasteiger charge is -2.16. The van der Waals surface area contributed by atoms with Gasteiger partial charge in [0, 0.05) is 23.7 Å². The molecule has 1 aromatic carbocycles. The summed E-state index contributed by atoms with van der Waals surface area (Å²) >= 11 is 0. The van der Waals surface area contributed by atoms with Gasteiger partial charge >= 0.3 is 0 Å². The summed E-state index contributed by atoms with van der Waals surface area (Å²) in [6.45, 7) is 8.03. The Labute approximate surface area is 177 Å². The van der Waals surface area contributed by atoms with Gasteiger partial charge in [0.15, 0.2) is 0 Å². The summed E-state index contributed by atoms with van der Waals surface area (Å²) in [6, 6.07) is 11.7. The average molecular weight is 423 g/mol. The van der Waals surface area contributed by atoms with E-state index in [1.54, 1.807) is 12.1 Å². The lowest BCUT2D eigenvalue weighted by molar-refractivity contribution is 0.538. The van der Waals surface area contributed by atoms with E-state index in [1.807, 2.05) is 32.0 Å². The molecule has 6 nitrogen and oxygen atoms in total. The zero-order valence-electron chi connectivity index (χ0n) is 17.7. The predicted octanol–water partition coefficient (Wildman–Crippen LogP) is 4.54. The number of aryl methyl sites for hydroxylation is 1. The molecule has 0 aliphatic heterocycles. The Balaban J connectivity index is 1.79. The van der Waals surface area contributed by atoms with Crippen LogP contribution in [0.1, 0.15) is 50.8 Å². The molecule has 3 aromatic rings. The van der Waals surface area contributed by atoms with Crippen LogP contribution in [0.5, 0.6) is 0 Å². The maximum absolute atomic E-state index is 12.7. The van der Waals surface area contributed by atoms with E-state index in [1.165, 1.54) is 6.20 Å². The molecule has 1 saturated carbocycles. The van der Waals surface area contributed by atoms with Crippen LogP contribution in [0.2, 0.25) is 0 Å². The molecule has 1 aliphatic carbocycles. The lowest BCUT2D eigenvalue weighted by atomic mass is 10.1. The maximum atomic E-state index is 12.7. The lowest BCUT2D eigenvalue weighted by Crippen LogP contribution is -2.34. The fourth-order valence-corrected chi connectivity index (χ4v) is 5.27. The van der Waals surface area contributed by atoms with E-state index in [0.29, 0.717) is 17.2 Å². The minimum absolute atomic E-state index is 0.0772. The fourth-order valence-electron chi connectivity index (χ4n) is 4.01. The number of rotatable bonds is 6. The minimum atomic E-state index is -3.62. The number of nitriles is 1. The first-order valence-corrected chi connectivity index (χ1v) is 11.7. The van der Waals surface area contributed by atoms with Crippen LogP contribution in [0.15, 0.2) is 41.4 Å². The van der Waals surface area contributed by atoms with Crippen LogP contribution >= 0.6 is 0 Å². The molecule has 0 saturated heterocycles. The SMILES string of the molecule is Cc1ccc2c(c1)c(C#N)c(-c1ccc(S(=O)(=O)N[C@@H](C)C3CC3)cn1)n2C(C)C. The number of benzene rings is 1. The highest BCUT2D eigenvalue weighted by molar-refractivity contribution is 7.89. The Bertz CT molecular complexity index is 1250. The minimum Gasteiger partial charge on any atom is -0.336 e. The Morgan fingerprint density at radius 1 is 1.20 bits per heavy atom. The van der Waals surface area contributed by atoms with Gasteiger partial charge in [0.1, 0.15) is 11.0 Å². The summed E-state index contributed by atoms with van der Waals surface area (Å²) in [5, 5.41) is 10.8. The van der Waals surface area contributed by atoms with Crippen molar-refractivity contribution in [3.05, 3.63) is 47.7 Å². The van der Waals surface area contributed by atoms with Gasteiger partial charge in [-0.25, -0.2) is 13.1 Å². The summed E-state index contributed by atoms with van der Waals surface area (Å²) in [7, 11) is -3.62. The molecule has 0 spiro atoms. The van der Waals surface area contributed by atoms with Crippen molar-refractivity contribution in [2.75, 3.05) is 0 Å². The number of aromatic nitrogens is 2. The quantitative estimate of drug-likeness (QED) is 0.632. The summed E-state index contributed by atoms with van der Waals surface area (Å²) in [4.78, 5) is 4.60. The van der Waals surface area contributed by atoms with Crippen LogP contribution in [0, 0.1) is 24.2 Å². The van der Waals surface area contributed by atoms with Crippen molar-refractivity contribution in [1.29, 1.82) is 5.26 Å². The van der Waals surface area contributed by atoms with Crippen LogP contribution in [-0.4, -0.2) is 24.0 Å². The molecule has 1 aliphatic rings. The van der Waals surface area contributed by atoms with Gasteiger partial charge in [-0.3, -0.25) is 4.98 Å². The molecule has 0 radical (unpaired) electrons. The van der Waals surface area contributed by atoms with Gasteiger partial charge in [0.2, 0.25) is 10.0 Å². The van der Waals surface area contributed by atoms with Gasteiger partial charge in [-0.2, -0.15) is 5.26 Å². The molecule has 1 atom stereocenters. The van der Waals surface area contributed by atoms with Gasteiger partial charge in [0.05, 0.1) is 22.5 Å². The first-order valence-electron chi connectivity index (χ1n) is 10.3. The van der Waals surface area contributed by atoms with Crippen molar-refractivity contribution in [2.45, 2.75) is 57.5 Å². The molecule has 7 heteroatoms. The second kappa shape index (κ2) is 7.53. The molecule has 2 aromatic heterocycles. The van der Waals surface area contributed by atoms with Crippen molar-refractivity contribution in [1.82, 2.24) is 14.3 Å². The van der Waals surface area contributed by atoms with Crippen LogP contribution < -0.4 is 4.72 Å². The predicted molar refractivity (Wildman–Crippen MR) is 118 cm³/mol. The van der Waals surface area contributed by atoms with Crippen molar-refractivity contribution in [2.24, 2.45) is 5.92 Å². The van der Waals surface area contributed by atoms with Crippen LogP contribution in [-0.2, 0) is 10.0 Å². The van der Waals surface area contributed by atoms with E-state index >= 15 is 0 Å². The van der Waals surface area contributed by atoms with Crippen LogP contribution in [0.3, 0.4) is 0 Å². The van der Waals surface area contributed by atoms with Gasteiger partial charge in [0.25, 0.3) is 0 Å². The Kier molecular flexibility index (Phi) is 5.16. The average Bonchev–Trinajstić information content (AvgIpc) is 3.49. The smallest absolute Gasteiger partial charge is 0.242 e. The zero-order valence-corrected chi connectivity index (χ0v) is 18.5. The molecular formula is C23H26N4O2S. The molecular weight excluding hydrogens is 396 g/mol. The first-order chi connectivity index (χ1) is 14.2. The molecule has 0 unspecified atom stereocenters. The topological polar surface area (TPSA) is 87.8 Å². The van der Waals surface area contributed by atoms with Crippen molar-refractivity contribution in [3.8, 4) is 17.5 Å². The van der Waals surface area contributed by atoms with Crippen LogP contribution in [0.25, 0.3) is 22.3 Å². The van der Waals surface area contributed by atoms with Gasteiger partial charge in [-0.1, -0.05) is 11.6 Å². The second-order valence-corrected chi connectivity index (χ2v) is 10.2. The van der Waals surface area contributed by atoms with E-state index in [-0.39, 0.29) is 17.0 Å². The molecule has 0 amide bonds. The number of sulfonamides is 1. The molecule has 4 rings (SSSR count). The third-order valence-corrected chi connectivity index (χ3v) is 7.29. The Morgan fingerprint density at radius 2 is 1.93 bits per heavy atom. The normalized spacial score (nSPS) is 15.5. The Morgan fingerprint density at radius 3 is 2.50 bits per heavy atom. The van der Waals surface area contributed by atoms with Crippen LogP contribution in [0.4, 0.5) is 0 Å². The third kappa shape index (κ3) is 3.62. The van der Waals surface area contributed by atoms with E-state index in [4.69, 9.17) is 0 Å². The highest BCUT2D eigenvalue weighted by atomic mass is 32.2. The van der Waals surface area contributed by atoms with Gasteiger partial charge < -0.3 is 4.57 Å². The summed E-state index contributed by atoms with van der Waals surface area (Å²) in [5.41, 5.74) is 3.92. The largest absolute Gasteiger partial charge is 0.336 e. The summed E-state index contributed by atoms with van der Waals surface area (Å²) in [6.07, 6.45) is 3.51. The highest BCUT2D eigenvalue weighted by Gasteiger charge is 2.31. The Hall–Kier alpha value is -2.69. The highest BCUT2D eigenvalue weighted by Crippen LogP contribution is 2.36. The third-order valence-electron chi connectivity index (χ3n) is 5.75. The number of nitrogens with zero attached hydrogens (tertiary/aromatic N) is 3. The monoisotopic (exact) mass is 422 g/mol. The van der Waals surface area contributed by atoms with E-state index < -0.39 is 10.0 Å². The van der Waals surface area contributed by atoms with E-state index in [0.717, 1.165) is 35.0 Å². The number of hydrogen-bond acceptors (Lipinski definition) is 4. The standard InChI is InChI=1S/C23H26N4O2S/c1-14(2)27-22-10-5-15(3)11-19(22)20(12-24)23(27)21-9-8-18(13-25-21)30(28,29)26-16(4)17-6-7-17/h5,8-11,13-14,16-17,26H,6-7H2,1-4H3/t16-/m0/s1. The summed E-state index contributed by atoms with van der Waals surface area (Å²) in [5.74, 6) is 0.426. The van der Waals surface area contributed by atoms with Crippen molar-refractivity contribution in [3.63, 3.8) is 0 Å². The molecule has 30 heavy (non-hydrogen) atoms. The fraction of sp³-hybridized carbons (Fsp3) is 0.391. The zero-order chi connectivity index (χ0) is 21.6.